The molecule has 0 saturated carbocycles. The van der Waals surface area contributed by atoms with Crippen molar-refractivity contribution in [2.24, 2.45) is 0 Å². The van der Waals surface area contributed by atoms with Crippen LogP contribution < -0.4 is 5.32 Å². The molecule has 33 heavy (non-hydrogen) atoms. The van der Waals surface area contributed by atoms with Gasteiger partial charge in [0, 0.05) is 43.0 Å². The summed E-state index contributed by atoms with van der Waals surface area (Å²) in [6.07, 6.45) is 5.25. The maximum Gasteiger partial charge on any atom is 0.330 e. The smallest absolute Gasteiger partial charge is 0.330 e. The van der Waals surface area contributed by atoms with Gasteiger partial charge in [0.15, 0.2) is 0 Å². The Morgan fingerprint density at radius 3 is 2.36 bits per heavy atom. The number of benzene rings is 2. The number of aromatic nitrogens is 1. The standard InChI is InChI=1S/C26H25N3O4/c1-33-24(30)15-14-20-10-12-21(13-11-20)19-29(18-16-23-9-5-6-17-27-23)26(32)28-25(31)22-7-3-2-4-8-22/h2-15,17H,16,18-19H2,1H3,(H,28,31,32). The van der Waals surface area contributed by atoms with E-state index < -0.39 is 17.9 Å². The number of nitrogens with zero attached hydrogens (tertiary/aromatic N) is 2. The number of amides is 3. The van der Waals surface area contributed by atoms with Crippen molar-refractivity contribution in [1.29, 1.82) is 0 Å². The normalized spacial score (nSPS) is 10.6. The van der Waals surface area contributed by atoms with E-state index in [0.29, 0.717) is 25.1 Å². The first kappa shape index (κ1) is 23.4. The first-order valence-electron chi connectivity index (χ1n) is 10.5. The summed E-state index contributed by atoms with van der Waals surface area (Å²) in [5.41, 5.74) is 2.98. The number of esters is 1. The van der Waals surface area contributed by atoms with Crippen LogP contribution in [0.2, 0.25) is 0 Å². The Bertz CT molecular complexity index is 1100. The molecule has 0 radical (unpaired) electrons. The van der Waals surface area contributed by atoms with Gasteiger partial charge in [0.1, 0.15) is 0 Å². The summed E-state index contributed by atoms with van der Waals surface area (Å²) in [5.74, 6) is -0.883. The highest BCUT2D eigenvalue weighted by Crippen LogP contribution is 2.11. The third-order valence-electron chi connectivity index (χ3n) is 4.87. The lowest BCUT2D eigenvalue weighted by Gasteiger charge is -2.23. The molecule has 1 aromatic heterocycles. The van der Waals surface area contributed by atoms with E-state index in [1.807, 2.05) is 48.5 Å². The van der Waals surface area contributed by atoms with E-state index in [-0.39, 0.29) is 0 Å². The first-order valence-corrected chi connectivity index (χ1v) is 10.5. The Labute approximate surface area is 192 Å². The van der Waals surface area contributed by atoms with Crippen molar-refractivity contribution in [3.63, 3.8) is 0 Å². The molecule has 0 aliphatic carbocycles. The topological polar surface area (TPSA) is 88.6 Å². The van der Waals surface area contributed by atoms with Gasteiger partial charge in [0.05, 0.1) is 7.11 Å². The zero-order chi connectivity index (χ0) is 23.5. The Morgan fingerprint density at radius 1 is 0.970 bits per heavy atom. The number of hydrogen-bond acceptors (Lipinski definition) is 5. The second kappa shape index (κ2) is 12.0. The van der Waals surface area contributed by atoms with Gasteiger partial charge in [-0.1, -0.05) is 48.5 Å². The molecular weight excluding hydrogens is 418 g/mol. The van der Waals surface area contributed by atoms with Crippen molar-refractivity contribution in [2.75, 3.05) is 13.7 Å². The molecule has 0 aliphatic rings. The molecule has 7 heteroatoms. The van der Waals surface area contributed by atoms with Crippen molar-refractivity contribution in [3.8, 4) is 0 Å². The molecule has 0 bridgehead atoms. The number of carbonyl (C=O) groups is 3. The van der Waals surface area contributed by atoms with E-state index in [1.54, 1.807) is 41.4 Å². The van der Waals surface area contributed by atoms with Crippen LogP contribution in [-0.2, 0) is 22.5 Å². The predicted molar refractivity (Wildman–Crippen MR) is 125 cm³/mol. The fourth-order valence-electron chi connectivity index (χ4n) is 3.07. The van der Waals surface area contributed by atoms with Crippen molar-refractivity contribution in [2.45, 2.75) is 13.0 Å². The van der Waals surface area contributed by atoms with Gasteiger partial charge in [-0.25, -0.2) is 9.59 Å². The molecule has 2 aromatic carbocycles. The van der Waals surface area contributed by atoms with Gasteiger partial charge in [-0.05, 0) is 41.5 Å². The van der Waals surface area contributed by atoms with Crippen LogP contribution in [0.25, 0.3) is 6.08 Å². The SMILES string of the molecule is COC(=O)C=Cc1ccc(CN(CCc2ccccn2)C(=O)NC(=O)c2ccccc2)cc1. The molecule has 0 atom stereocenters. The van der Waals surface area contributed by atoms with E-state index in [1.165, 1.54) is 13.2 Å². The molecule has 0 unspecified atom stereocenters. The molecule has 0 saturated heterocycles. The number of imide groups is 1. The third kappa shape index (κ3) is 7.43. The molecular formula is C26H25N3O4. The van der Waals surface area contributed by atoms with Crippen LogP contribution >= 0.6 is 0 Å². The van der Waals surface area contributed by atoms with Gasteiger partial charge in [0.25, 0.3) is 5.91 Å². The average Bonchev–Trinajstić information content (AvgIpc) is 2.86. The van der Waals surface area contributed by atoms with Crippen LogP contribution in [0, 0.1) is 0 Å². The van der Waals surface area contributed by atoms with E-state index >= 15 is 0 Å². The number of rotatable bonds is 8. The molecule has 1 heterocycles. The molecule has 3 aromatic rings. The Balaban J connectivity index is 1.70. The van der Waals surface area contributed by atoms with Crippen LogP contribution in [0.3, 0.4) is 0 Å². The lowest BCUT2D eigenvalue weighted by molar-refractivity contribution is -0.134. The van der Waals surface area contributed by atoms with Gasteiger partial charge >= 0.3 is 12.0 Å². The summed E-state index contributed by atoms with van der Waals surface area (Å²) in [6, 6.07) is 21.2. The van der Waals surface area contributed by atoms with Gasteiger partial charge in [-0.3, -0.25) is 15.1 Å². The predicted octanol–water partition coefficient (Wildman–Crippen LogP) is 3.86. The fourth-order valence-corrected chi connectivity index (χ4v) is 3.07. The van der Waals surface area contributed by atoms with Gasteiger partial charge in [-0.2, -0.15) is 0 Å². The molecule has 3 amide bonds. The van der Waals surface area contributed by atoms with Crippen molar-refractivity contribution >= 4 is 24.0 Å². The highest BCUT2D eigenvalue weighted by molar-refractivity contribution is 6.04. The van der Waals surface area contributed by atoms with Crippen molar-refractivity contribution < 1.29 is 19.1 Å². The monoisotopic (exact) mass is 443 g/mol. The molecule has 0 aliphatic heterocycles. The number of urea groups is 1. The number of carbonyl (C=O) groups excluding carboxylic acids is 3. The average molecular weight is 444 g/mol. The Hall–Kier alpha value is -4.26. The third-order valence-corrected chi connectivity index (χ3v) is 4.87. The summed E-state index contributed by atoms with van der Waals surface area (Å²) in [6.45, 7) is 0.691. The van der Waals surface area contributed by atoms with Gasteiger partial charge < -0.3 is 9.64 Å². The summed E-state index contributed by atoms with van der Waals surface area (Å²) in [7, 11) is 1.32. The largest absolute Gasteiger partial charge is 0.466 e. The van der Waals surface area contributed by atoms with Crippen LogP contribution in [0.5, 0.6) is 0 Å². The Kier molecular flexibility index (Phi) is 8.48. The maximum absolute atomic E-state index is 12.9. The summed E-state index contributed by atoms with van der Waals surface area (Å²) in [5, 5.41) is 2.47. The quantitative estimate of drug-likeness (QED) is 0.422. The molecule has 168 valence electrons. The lowest BCUT2D eigenvalue weighted by atomic mass is 10.1. The maximum atomic E-state index is 12.9. The van der Waals surface area contributed by atoms with Crippen molar-refractivity contribution in [1.82, 2.24) is 15.2 Å². The second-order valence-electron chi connectivity index (χ2n) is 7.22. The summed E-state index contributed by atoms with van der Waals surface area (Å²) in [4.78, 5) is 42.6. The van der Waals surface area contributed by atoms with Crippen LogP contribution in [0.1, 0.15) is 27.2 Å². The molecule has 0 fully saturated rings. The zero-order valence-electron chi connectivity index (χ0n) is 18.3. The lowest BCUT2D eigenvalue weighted by Crippen LogP contribution is -2.43. The summed E-state index contributed by atoms with van der Waals surface area (Å²) < 4.78 is 4.59. The number of nitrogens with one attached hydrogen (secondary N) is 1. The number of ether oxygens (including phenoxy) is 1. The zero-order valence-corrected chi connectivity index (χ0v) is 18.3. The van der Waals surface area contributed by atoms with Crippen LogP contribution in [-0.4, -0.2) is 41.4 Å². The van der Waals surface area contributed by atoms with E-state index in [0.717, 1.165) is 16.8 Å². The molecule has 3 rings (SSSR count). The highest BCUT2D eigenvalue weighted by atomic mass is 16.5. The minimum atomic E-state index is -0.477. The fraction of sp³-hybridized carbons (Fsp3) is 0.154. The minimum absolute atomic E-state index is 0.307. The minimum Gasteiger partial charge on any atom is -0.466 e. The Morgan fingerprint density at radius 2 is 1.70 bits per heavy atom. The number of pyridine rings is 1. The van der Waals surface area contributed by atoms with Gasteiger partial charge in [-0.15, -0.1) is 0 Å². The van der Waals surface area contributed by atoms with E-state index in [4.69, 9.17) is 0 Å². The highest BCUT2D eigenvalue weighted by Gasteiger charge is 2.18. The molecule has 7 nitrogen and oxygen atoms in total. The molecule has 1 N–H and O–H groups in total. The first-order chi connectivity index (χ1) is 16.0. The van der Waals surface area contributed by atoms with E-state index in [2.05, 4.69) is 15.0 Å². The number of hydrogen-bond donors (Lipinski definition) is 1. The second-order valence-corrected chi connectivity index (χ2v) is 7.22. The number of methoxy groups -OCH3 is 1. The van der Waals surface area contributed by atoms with Crippen LogP contribution in [0.4, 0.5) is 4.79 Å². The van der Waals surface area contributed by atoms with Gasteiger partial charge in [0.2, 0.25) is 0 Å². The van der Waals surface area contributed by atoms with E-state index in [9.17, 15) is 14.4 Å². The summed E-state index contributed by atoms with van der Waals surface area (Å²) >= 11 is 0. The van der Waals surface area contributed by atoms with Crippen LogP contribution in [0.15, 0.2) is 85.1 Å². The van der Waals surface area contributed by atoms with Crippen molar-refractivity contribution in [3.05, 3.63) is 107 Å². The molecule has 0 spiro atoms.